The Balaban J connectivity index is 1.67. The van der Waals surface area contributed by atoms with Gasteiger partial charge in [0.1, 0.15) is 6.54 Å². The maximum Gasteiger partial charge on any atom is 0.247 e. The molecule has 1 amide bonds. The summed E-state index contributed by atoms with van der Waals surface area (Å²) < 4.78 is 3.23. The largest absolute Gasteiger partial charge is 0.308 e. The molecule has 3 aromatic rings. The predicted molar refractivity (Wildman–Crippen MR) is 98.4 cm³/mol. The first kappa shape index (κ1) is 17.8. The maximum absolute atomic E-state index is 12.1. The van der Waals surface area contributed by atoms with Crippen molar-refractivity contribution < 1.29 is 4.79 Å². The number of nitrogens with zero attached hydrogens (tertiary/aromatic N) is 4. The number of benzene rings is 1. The van der Waals surface area contributed by atoms with Gasteiger partial charge >= 0.3 is 0 Å². The molecule has 130 valence electrons. The summed E-state index contributed by atoms with van der Waals surface area (Å²) in [6.45, 7) is 2.49. The van der Waals surface area contributed by atoms with Crippen LogP contribution in [0.2, 0.25) is 15.1 Å². The number of carbonyl (C=O) groups is 1. The van der Waals surface area contributed by atoms with Crippen LogP contribution in [0.4, 0.5) is 5.82 Å². The van der Waals surface area contributed by atoms with Gasteiger partial charge in [-0.25, -0.2) is 0 Å². The highest BCUT2D eigenvalue weighted by atomic mass is 35.5. The van der Waals surface area contributed by atoms with Crippen LogP contribution in [0.5, 0.6) is 0 Å². The molecule has 3 rings (SSSR count). The van der Waals surface area contributed by atoms with Crippen molar-refractivity contribution in [2.24, 2.45) is 0 Å². The van der Waals surface area contributed by atoms with Crippen LogP contribution in [-0.4, -0.2) is 25.5 Å². The van der Waals surface area contributed by atoms with E-state index in [1.165, 1.54) is 10.9 Å². The number of halogens is 3. The second-order valence-corrected chi connectivity index (χ2v) is 6.73. The quantitative estimate of drug-likeness (QED) is 0.705. The molecule has 0 unspecified atom stereocenters. The minimum absolute atomic E-state index is 0.0609. The molecule has 9 heteroatoms. The van der Waals surface area contributed by atoms with Gasteiger partial charge in [-0.1, -0.05) is 40.9 Å². The van der Waals surface area contributed by atoms with Crippen LogP contribution in [0.1, 0.15) is 11.3 Å². The average Bonchev–Trinajstić information content (AvgIpc) is 3.09. The predicted octanol–water partition coefficient (Wildman–Crippen LogP) is 4.04. The van der Waals surface area contributed by atoms with E-state index in [0.29, 0.717) is 27.4 Å². The van der Waals surface area contributed by atoms with Gasteiger partial charge in [-0.15, -0.1) is 0 Å². The summed E-state index contributed by atoms with van der Waals surface area (Å²) in [5, 5.41) is 12.6. The molecule has 0 saturated carbocycles. The maximum atomic E-state index is 12.1. The van der Waals surface area contributed by atoms with E-state index < -0.39 is 0 Å². The van der Waals surface area contributed by atoms with Crippen LogP contribution in [0.15, 0.2) is 36.7 Å². The molecule has 6 nitrogen and oxygen atoms in total. The summed E-state index contributed by atoms with van der Waals surface area (Å²) in [6, 6.07) is 7.22. The third-order valence-electron chi connectivity index (χ3n) is 3.47. The lowest BCUT2D eigenvalue weighted by Gasteiger charge is -2.06. The summed E-state index contributed by atoms with van der Waals surface area (Å²) in [7, 11) is 0. The molecule has 0 aliphatic rings. The zero-order chi connectivity index (χ0) is 18.0. The van der Waals surface area contributed by atoms with Crippen LogP contribution >= 0.6 is 34.8 Å². The highest BCUT2D eigenvalue weighted by Crippen LogP contribution is 2.23. The zero-order valence-corrected chi connectivity index (χ0v) is 15.5. The van der Waals surface area contributed by atoms with Crippen molar-refractivity contribution in [3.8, 4) is 0 Å². The van der Waals surface area contributed by atoms with E-state index in [9.17, 15) is 4.79 Å². The Morgan fingerprint density at radius 2 is 2.00 bits per heavy atom. The number of rotatable bonds is 5. The second kappa shape index (κ2) is 7.47. The highest BCUT2D eigenvalue weighted by Gasteiger charge is 2.10. The summed E-state index contributed by atoms with van der Waals surface area (Å²) >= 11 is 17.7. The lowest BCUT2D eigenvalue weighted by molar-refractivity contribution is -0.116. The van der Waals surface area contributed by atoms with Crippen LogP contribution < -0.4 is 5.32 Å². The van der Waals surface area contributed by atoms with Gasteiger partial charge in [-0.3, -0.25) is 14.2 Å². The number of hydrogen-bond acceptors (Lipinski definition) is 3. The van der Waals surface area contributed by atoms with Crippen molar-refractivity contribution in [2.45, 2.75) is 20.0 Å². The number of amides is 1. The number of aryl methyl sites for hydroxylation is 1. The SMILES string of the molecule is Cc1cc(NC(=O)Cn2cc(Cl)cn2)nn1Cc1ccc(Cl)c(Cl)c1. The van der Waals surface area contributed by atoms with E-state index in [1.807, 2.05) is 13.0 Å². The number of anilines is 1. The molecule has 0 saturated heterocycles. The highest BCUT2D eigenvalue weighted by molar-refractivity contribution is 6.42. The van der Waals surface area contributed by atoms with E-state index in [0.717, 1.165) is 11.3 Å². The lowest BCUT2D eigenvalue weighted by atomic mass is 10.2. The zero-order valence-electron chi connectivity index (χ0n) is 13.2. The molecule has 0 aliphatic heterocycles. The van der Waals surface area contributed by atoms with Crippen molar-refractivity contribution >= 4 is 46.5 Å². The summed E-state index contributed by atoms with van der Waals surface area (Å²) in [5.74, 6) is 0.236. The molecule has 0 aliphatic carbocycles. The van der Waals surface area contributed by atoms with Crippen molar-refractivity contribution in [3.05, 3.63) is 63.0 Å². The Hall–Kier alpha value is -2.02. The van der Waals surface area contributed by atoms with Crippen molar-refractivity contribution in [1.29, 1.82) is 0 Å². The fraction of sp³-hybridized carbons (Fsp3) is 0.188. The molecule has 0 bridgehead atoms. The van der Waals surface area contributed by atoms with Crippen LogP contribution in [0.25, 0.3) is 0 Å². The molecule has 25 heavy (non-hydrogen) atoms. The van der Waals surface area contributed by atoms with E-state index in [1.54, 1.807) is 29.1 Å². The molecule has 0 radical (unpaired) electrons. The van der Waals surface area contributed by atoms with Crippen molar-refractivity contribution in [3.63, 3.8) is 0 Å². The summed E-state index contributed by atoms with van der Waals surface area (Å²) in [5.41, 5.74) is 1.87. The number of hydrogen-bond donors (Lipinski definition) is 1. The van der Waals surface area contributed by atoms with Crippen LogP contribution in [0, 0.1) is 6.92 Å². The molecule has 1 N–H and O–H groups in total. The van der Waals surface area contributed by atoms with Crippen molar-refractivity contribution in [1.82, 2.24) is 19.6 Å². The van der Waals surface area contributed by atoms with E-state index in [4.69, 9.17) is 34.8 Å². The van der Waals surface area contributed by atoms with E-state index in [-0.39, 0.29) is 12.5 Å². The minimum atomic E-state index is -0.237. The molecule has 0 fully saturated rings. The summed E-state index contributed by atoms with van der Waals surface area (Å²) in [4.78, 5) is 12.1. The Labute approximate surface area is 159 Å². The Morgan fingerprint density at radius 3 is 2.68 bits per heavy atom. The Bertz CT molecular complexity index is 918. The molecule has 0 spiro atoms. The number of nitrogens with one attached hydrogen (secondary N) is 1. The van der Waals surface area contributed by atoms with Gasteiger partial charge in [0.2, 0.25) is 5.91 Å². The fourth-order valence-corrected chi connectivity index (χ4v) is 2.77. The van der Waals surface area contributed by atoms with Gasteiger partial charge in [-0.05, 0) is 24.6 Å². The smallest absolute Gasteiger partial charge is 0.247 e. The first-order valence-electron chi connectivity index (χ1n) is 7.37. The number of carbonyl (C=O) groups excluding carboxylic acids is 1. The van der Waals surface area contributed by atoms with Gasteiger partial charge in [-0.2, -0.15) is 10.2 Å². The molecule has 1 aromatic carbocycles. The van der Waals surface area contributed by atoms with Crippen molar-refractivity contribution in [2.75, 3.05) is 5.32 Å². The molecular weight excluding hydrogens is 385 g/mol. The third-order valence-corrected chi connectivity index (χ3v) is 4.41. The van der Waals surface area contributed by atoms with Crippen LogP contribution in [0.3, 0.4) is 0 Å². The molecule has 2 aromatic heterocycles. The second-order valence-electron chi connectivity index (χ2n) is 5.48. The molecular formula is C16H14Cl3N5O. The standard InChI is InChI=1S/C16H14Cl3N5O/c1-10-4-15(21-16(25)9-23-8-12(17)6-20-23)22-24(10)7-11-2-3-13(18)14(19)5-11/h2-6,8H,7,9H2,1H3,(H,21,22,25). The normalized spacial score (nSPS) is 10.9. The molecule has 2 heterocycles. The van der Waals surface area contributed by atoms with Gasteiger partial charge in [0.05, 0.1) is 27.8 Å². The van der Waals surface area contributed by atoms with Gasteiger partial charge < -0.3 is 5.32 Å². The topological polar surface area (TPSA) is 64.7 Å². The fourth-order valence-electron chi connectivity index (χ4n) is 2.30. The van der Waals surface area contributed by atoms with Crippen LogP contribution in [-0.2, 0) is 17.9 Å². The van der Waals surface area contributed by atoms with E-state index in [2.05, 4.69) is 15.5 Å². The first-order valence-corrected chi connectivity index (χ1v) is 8.50. The first-order chi connectivity index (χ1) is 11.9. The van der Waals surface area contributed by atoms with Gasteiger partial charge in [0, 0.05) is 18.0 Å². The Morgan fingerprint density at radius 1 is 1.20 bits per heavy atom. The third kappa shape index (κ3) is 4.54. The molecule has 0 atom stereocenters. The number of aromatic nitrogens is 4. The lowest BCUT2D eigenvalue weighted by Crippen LogP contribution is -2.19. The minimum Gasteiger partial charge on any atom is -0.308 e. The average molecular weight is 399 g/mol. The monoisotopic (exact) mass is 397 g/mol. The Kier molecular flexibility index (Phi) is 5.32. The summed E-state index contributed by atoms with van der Waals surface area (Å²) in [6.07, 6.45) is 3.06. The van der Waals surface area contributed by atoms with Gasteiger partial charge in [0.15, 0.2) is 5.82 Å². The van der Waals surface area contributed by atoms with E-state index >= 15 is 0 Å². The van der Waals surface area contributed by atoms with Gasteiger partial charge in [0.25, 0.3) is 0 Å².